The number of aromatic nitrogens is 2. The van der Waals surface area contributed by atoms with Gasteiger partial charge in [0.05, 0.1) is 17.0 Å². The van der Waals surface area contributed by atoms with Gasteiger partial charge in [0.1, 0.15) is 17.5 Å². The van der Waals surface area contributed by atoms with Gasteiger partial charge in [-0.05, 0) is 61.9 Å². The van der Waals surface area contributed by atoms with E-state index in [-0.39, 0.29) is 24.0 Å². The summed E-state index contributed by atoms with van der Waals surface area (Å²) in [6.45, 7) is 2.94. The van der Waals surface area contributed by atoms with Crippen LogP contribution < -0.4 is 9.50 Å². The third-order valence-corrected chi connectivity index (χ3v) is 7.73. The van der Waals surface area contributed by atoms with Crippen molar-refractivity contribution in [2.45, 2.75) is 37.1 Å². The number of aryl methyl sites for hydroxylation is 1. The Hall–Kier alpha value is -4.16. The van der Waals surface area contributed by atoms with Crippen molar-refractivity contribution in [2.24, 2.45) is 0 Å². The molecule has 3 aromatic carbocycles. The molecule has 0 amide bonds. The fourth-order valence-corrected chi connectivity index (χ4v) is 5.49. The van der Waals surface area contributed by atoms with E-state index in [4.69, 9.17) is 8.92 Å². The van der Waals surface area contributed by atoms with E-state index in [2.05, 4.69) is 10.4 Å². The third-order valence-electron chi connectivity index (χ3n) is 6.50. The van der Waals surface area contributed by atoms with Gasteiger partial charge in [0.25, 0.3) is 0 Å². The first-order chi connectivity index (χ1) is 19.5. The number of benzene rings is 3. The van der Waals surface area contributed by atoms with Gasteiger partial charge in [0, 0.05) is 12.1 Å². The Morgan fingerprint density at radius 3 is 2.54 bits per heavy atom. The molecule has 1 saturated heterocycles. The largest absolute Gasteiger partial charge is 0.460 e. The highest BCUT2D eigenvalue weighted by molar-refractivity contribution is 7.87. The van der Waals surface area contributed by atoms with Gasteiger partial charge in [-0.25, -0.2) is 0 Å². The SMILES string of the molecule is Cc1ccc(OS(=O)(=O)c2cccc(C(F)(F)F)c2)c(-c2cc(-c3ccccc3)n(CC(=O)O[C@@H]3CCNC3)n2)c1. The number of ether oxygens (including phenoxy) is 1. The van der Waals surface area contributed by atoms with E-state index in [1.807, 2.05) is 30.3 Å². The van der Waals surface area contributed by atoms with Crippen molar-refractivity contribution in [1.82, 2.24) is 15.1 Å². The lowest BCUT2D eigenvalue weighted by atomic mass is 10.1. The summed E-state index contributed by atoms with van der Waals surface area (Å²) < 4.78 is 78.2. The molecule has 8 nitrogen and oxygen atoms in total. The number of rotatable bonds is 8. The maximum atomic E-state index is 13.2. The lowest BCUT2D eigenvalue weighted by Crippen LogP contribution is -2.24. The standard InChI is InChI=1S/C29H26F3N3O5S/c1-19-10-11-27(40-41(37,38)23-9-5-8-21(15-23)29(30,31)32)24(14-19)25-16-26(20-6-3-2-4-7-20)35(34-25)18-28(36)39-22-12-13-33-17-22/h2-11,14-16,22,33H,12-13,17-18H2,1H3/t22-/m1/s1. The first-order valence-corrected chi connectivity index (χ1v) is 14.2. The van der Waals surface area contributed by atoms with E-state index in [1.165, 1.54) is 10.7 Å². The fraction of sp³-hybridized carbons (Fsp3) is 0.241. The van der Waals surface area contributed by atoms with Gasteiger partial charge in [0.15, 0.2) is 5.75 Å². The van der Waals surface area contributed by atoms with E-state index in [0.29, 0.717) is 30.4 Å². The van der Waals surface area contributed by atoms with Crippen LogP contribution in [-0.4, -0.2) is 43.4 Å². The van der Waals surface area contributed by atoms with Crippen LogP contribution in [0.2, 0.25) is 0 Å². The molecule has 0 saturated carbocycles. The number of carbonyl (C=O) groups excluding carboxylic acids is 1. The van der Waals surface area contributed by atoms with E-state index >= 15 is 0 Å². The highest BCUT2D eigenvalue weighted by Crippen LogP contribution is 2.36. The smallest absolute Gasteiger partial charge is 0.416 e. The number of nitrogens with one attached hydrogen (secondary N) is 1. The molecule has 0 unspecified atom stereocenters. The fourth-order valence-electron chi connectivity index (χ4n) is 4.50. The second-order valence-corrected chi connectivity index (χ2v) is 11.2. The Morgan fingerprint density at radius 1 is 1.05 bits per heavy atom. The van der Waals surface area contributed by atoms with Crippen LogP contribution in [0, 0.1) is 6.92 Å². The number of nitrogens with zero attached hydrogens (tertiary/aromatic N) is 2. The molecule has 4 aromatic rings. The van der Waals surface area contributed by atoms with Gasteiger partial charge in [-0.15, -0.1) is 0 Å². The zero-order valence-electron chi connectivity index (χ0n) is 21.9. The summed E-state index contributed by atoms with van der Waals surface area (Å²) in [5, 5.41) is 7.74. The first-order valence-electron chi connectivity index (χ1n) is 12.8. The number of hydrogen-bond donors (Lipinski definition) is 1. The van der Waals surface area contributed by atoms with E-state index in [1.54, 1.807) is 25.1 Å². The minimum Gasteiger partial charge on any atom is -0.460 e. The minimum atomic E-state index is -4.73. The molecule has 0 spiro atoms. The predicted molar refractivity (Wildman–Crippen MR) is 144 cm³/mol. The summed E-state index contributed by atoms with van der Waals surface area (Å²) in [4.78, 5) is 12.1. The molecule has 0 bridgehead atoms. The molecule has 0 aliphatic carbocycles. The second kappa shape index (κ2) is 11.4. The third kappa shape index (κ3) is 6.60. The van der Waals surface area contributed by atoms with Gasteiger partial charge >= 0.3 is 22.3 Å². The molecule has 1 N–H and O–H groups in total. The highest BCUT2D eigenvalue weighted by atomic mass is 32.2. The van der Waals surface area contributed by atoms with Crippen molar-refractivity contribution in [3.05, 3.63) is 90.0 Å². The lowest BCUT2D eigenvalue weighted by Gasteiger charge is -2.13. The van der Waals surface area contributed by atoms with E-state index < -0.39 is 32.7 Å². The van der Waals surface area contributed by atoms with Crippen LogP contribution in [0.3, 0.4) is 0 Å². The number of esters is 1. The number of hydrogen-bond acceptors (Lipinski definition) is 7. The number of carbonyl (C=O) groups is 1. The van der Waals surface area contributed by atoms with Crippen molar-refractivity contribution in [3.63, 3.8) is 0 Å². The van der Waals surface area contributed by atoms with E-state index in [0.717, 1.165) is 35.9 Å². The summed E-state index contributed by atoms with van der Waals surface area (Å²) in [6, 6.07) is 18.9. The Bertz CT molecular complexity index is 1660. The average Bonchev–Trinajstić information content (AvgIpc) is 3.60. The van der Waals surface area contributed by atoms with Crippen molar-refractivity contribution >= 4 is 16.1 Å². The normalized spacial score (nSPS) is 15.6. The van der Waals surface area contributed by atoms with Crippen LogP contribution in [0.4, 0.5) is 13.2 Å². The average molecular weight is 586 g/mol. The van der Waals surface area contributed by atoms with Crippen molar-refractivity contribution in [1.29, 1.82) is 0 Å². The Kier molecular flexibility index (Phi) is 7.87. The van der Waals surface area contributed by atoms with Crippen LogP contribution in [0.15, 0.2) is 83.8 Å². The highest BCUT2D eigenvalue weighted by Gasteiger charge is 2.32. The molecule has 12 heteroatoms. The summed E-state index contributed by atoms with van der Waals surface area (Å²) in [5.74, 6) is -0.602. The summed E-state index contributed by atoms with van der Waals surface area (Å²) >= 11 is 0. The molecule has 1 aliphatic rings. The topological polar surface area (TPSA) is 99.5 Å². The van der Waals surface area contributed by atoms with Gasteiger partial charge < -0.3 is 14.2 Å². The Labute approximate surface area is 234 Å². The quantitative estimate of drug-likeness (QED) is 0.224. The minimum absolute atomic E-state index is 0.128. The predicted octanol–water partition coefficient (Wildman–Crippen LogP) is 5.22. The van der Waals surface area contributed by atoms with Crippen LogP contribution >= 0.6 is 0 Å². The monoisotopic (exact) mass is 585 g/mol. The molecule has 0 radical (unpaired) electrons. The Morgan fingerprint density at radius 2 is 1.83 bits per heavy atom. The van der Waals surface area contributed by atoms with Gasteiger partial charge in [0.2, 0.25) is 0 Å². The van der Waals surface area contributed by atoms with Gasteiger partial charge in [-0.3, -0.25) is 9.48 Å². The van der Waals surface area contributed by atoms with Crippen molar-refractivity contribution in [3.8, 4) is 28.3 Å². The van der Waals surface area contributed by atoms with Crippen LogP contribution in [0.1, 0.15) is 17.5 Å². The van der Waals surface area contributed by atoms with Crippen molar-refractivity contribution < 1.29 is 35.3 Å². The molecular weight excluding hydrogens is 559 g/mol. The number of halogens is 3. The molecule has 5 rings (SSSR count). The molecule has 1 atom stereocenters. The summed E-state index contributed by atoms with van der Waals surface area (Å²) in [5.41, 5.74) is 1.57. The molecule has 2 heterocycles. The maximum Gasteiger partial charge on any atom is 0.416 e. The van der Waals surface area contributed by atoms with Gasteiger partial charge in [-0.2, -0.15) is 26.7 Å². The number of alkyl halides is 3. The van der Waals surface area contributed by atoms with Crippen LogP contribution in [0.5, 0.6) is 5.75 Å². The molecule has 1 aromatic heterocycles. The van der Waals surface area contributed by atoms with Gasteiger partial charge in [-0.1, -0.05) is 48.0 Å². The second-order valence-electron chi connectivity index (χ2n) is 9.61. The van der Waals surface area contributed by atoms with Crippen molar-refractivity contribution in [2.75, 3.05) is 13.1 Å². The van der Waals surface area contributed by atoms with Crippen LogP contribution in [-0.2, 0) is 32.4 Å². The lowest BCUT2D eigenvalue weighted by molar-refractivity contribution is -0.149. The summed E-state index contributed by atoms with van der Waals surface area (Å²) in [6.07, 6.45) is -4.24. The van der Waals surface area contributed by atoms with Crippen LogP contribution in [0.25, 0.3) is 22.5 Å². The molecule has 1 aliphatic heterocycles. The first kappa shape index (κ1) is 28.4. The maximum absolute atomic E-state index is 13.2. The molecule has 214 valence electrons. The zero-order valence-corrected chi connectivity index (χ0v) is 22.7. The molecule has 41 heavy (non-hydrogen) atoms. The Balaban J connectivity index is 1.51. The van der Waals surface area contributed by atoms with E-state index in [9.17, 15) is 26.4 Å². The summed E-state index contributed by atoms with van der Waals surface area (Å²) in [7, 11) is -4.64. The molecular formula is C29H26F3N3O5S. The molecule has 1 fully saturated rings. The zero-order chi connectivity index (χ0) is 29.2.